The second-order valence-corrected chi connectivity index (χ2v) is 4.68. The van der Waals surface area contributed by atoms with Gasteiger partial charge in [-0.15, -0.1) is 0 Å². The van der Waals surface area contributed by atoms with Gasteiger partial charge in [0.05, 0.1) is 0 Å². The first-order valence-electron chi connectivity index (χ1n) is 5.34. The normalized spacial score (nSPS) is 37.2. The van der Waals surface area contributed by atoms with Crippen molar-refractivity contribution < 1.29 is 0 Å². The van der Waals surface area contributed by atoms with Gasteiger partial charge in [-0.25, -0.2) is 0 Å². The molecule has 12 heavy (non-hydrogen) atoms. The summed E-state index contributed by atoms with van der Waals surface area (Å²) in [6, 6.07) is 0.723. The van der Waals surface area contributed by atoms with Crippen LogP contribution in [0.25, 0.3) is 0 Å². The Morgan fingerprint density at radius 1 is 1.50 bits per heavy atom. The summed E-state index contributed by atoms with van der Waals surface area (Å²) in [5, 5.41) is 3.53. The van der Waals surface area contributed by atoms with Crippen LogP contribution in [-0.2, 0) is 0 Å². The molecule has 0 aromatic carbocycles. The molecule has 1 nitrogen and oxygen atoms in total. The molecule has 0 saturated carbocycles. The Balaban J connectivity index is 2.64. The smallest absolute Gasteiger partial charge is 0.00441 e. The number of nitrogens with one attached hydrogen (secondary N) is 1. The van der Waals surface area contributed by atoms with E-state index in [2.05, 4.69) is 33.0 Å². The molecule has 0 spiro atoms. The van der Waals surface area contributed by atoms with Crippen LogP contribution in [0.1, 0.15) is 47.0 Å². The molecule has 1 N–H and O–H groups in total. The largest absolute Gasteiger partial charge is 0.314 e. The van der Waals surface area contributed by atoms with Crippen LogP contribution in [0.5, 0.6) is 0 Å². The summed E-state index contributed by atoms with van der Waals surface area (Å²) >= 11 is 0. The van der Waals surface area contributed by atoms with Crippen LogP contribution in [0.3, 0.4) is 0 Å². The lowest BCUT2D eigenvalue weighted by Crippen LogP contribution is -2.44. The van der Waals surface area contributed by atoms with Crippen LogP contribution in [-0.4, -0.2) is 12.6 Å². The molecule has 1 rings (SSSR count). The van der Waals surface area contributed by atoms with Gasteiger partial charge in [-0.1, -0.05) is 27.2 Å². The van der Waals surface area contributed by atoms with Gasteiger partial charge in [-0.2, -0.15) is 0 Å². The molecule has 1 saturated heterocycles. The number of hydrogen-bond donors (Lipinski definition) is 1. The van der Waals surface area contributed by atoms with Crippen LogP contribution in [0.4, 0.5) is 0 Å². The topological polar surface area (TPSA) is 12.0 Å². The first kappa shape index (κ1) is 10.0. The minimum absolute atomic E-state index is 0.630. The van der Waals surface area contributed by atoms with E-state index in [-0.39, 0.29) is 0 Å². The van der Waals surface area contributed by atoms with Crippen molar-refractivity contribution in [1.29, 1.82) is 0 Å². The van der Waals surface area contributed by atoms with E-state index in [1.807, 2.05) is 0 Å². The third-order valence-electron chi connectivity index (χ3n) is 3.76. The Bertz CT molecular complexity index is 142. The molecular weight excluding hydrogens is 146 g/mol. The van der Waals surface area contributed by atoms with E-state index in [9.17, 15) is 0 Å². The molecule has 1 aliphatic heterocycles. The summed E-state index contributed by atoms with van der Waals surface area (Å²) < 4.78 is 0. The van der Waals surface area contributed by atoms with Crippen molar-refractivity contribution in [3.8, 4) is 0 Å². The second-order valence-electron chi connectivity index (χ2n) is 4.68. The highest BCUT2D eigenvalue weighted by Crippen LogP contribution is 2.41. The van der Waals surface area contributed by atoms with E-state index in [4.69, 9.17) is 0 Å². The van der Waals surface area contributed by atoms with E-state index in [0.717, 1.165) is 12.0 Å². The van der Waals surface area contributed by atoms with Crippen molar-refractivity contribution in [2.45, 2.75) is 53.0 Å². The van der Waals surface area contributed by atoms with Crippen LogP contribution in [0.2, 0.25) is 0 Å². The summed E-state index contributed by atoms with van der Waals surface area (Å²) in [7, 11) is 0. The Kier molecular flexibility index (Phi) is 3.16. The molecule has 0 radical (unpaired) electrons. The van der Waals surface area contributed by atoms with Crippen molar-refractivity contribution in [3.05, 3.63) is 0 Å². The Morgan fingerprint density at radius 2 is 2.17 bits per heavy atom. The van der Waals surface area contributed by atoms with Crippen LogP contribution >= 0.6 is 0 Å². The van der Waals surface area contributed by atoms with Crippen molar-refractivity contribution >= 4 is 0 Å². The van der Waals surface area contributed by atoms with Gasteiger partial charge in [0.25, 0.3) is 0 Å². The summed E-state index contributed by atoms with van der Waals surface area (Å²) in [5.41, 5.74) is 0.630. The lowest BCUT2D eigenvalue weighted by Gasteiger charge is -2.43. The average Bonchev–Trinajstić information content (AvgIpc) is 2.04. The molecule has 1 heterocycles. The van der Waals surface area contributed by atoms with Crippen molar-refractivity contribution in [2.75, 3.05) is 6.54 Å². The van der Waals surface area contributed by atoms with E-state index >= 15 is 0 Å². The molecule has 0 amide bonds. The van der Waals surface area contributed by atoms with Crippen molar-refractivity contribution in [3.63, 3.8) is 0 Å². The number of hydrogen-bond acceptors (Lipinski definition) is 1. The zero-order valence-electron chi connectivity index (χ0n) is 8.98. The Labute approximate surface area is 76.9 Å². The van der Waals surface area contributed by atoms with Gasteiger partial charge in [0.15, 0.2) is 0 Å². The van der Waals surface area contributed by atoms with Crippen molar-refractivity contribution in [1.82, 2.24) is 5.32 Å². The van der Waals surface area contributed by atoms with E-state index in [1.165, 1.54) is 25.8 Å². The summed E-state index contributed by atoms with van der Waals surface area (Å²) in [4.78, 5) is 0. The minimum atomic E-state index is 0.630. The number of rotatable bonds is 2. The van der Waals surface area contributed by atoms with E-state index in [1.54, 1.807) is 0 Å². The van der Waals surface area contributed by atoms with Crippen LogP contribution in [0, 0.1) is 11.3 Å². The maximum absolute atomic E-state index is 3.53. The van der Waals surface area contributed by atoms with Gasteiger partial charge < -0.3 is 5.32 Å². The van der Waals surface area contributed by atoms with Gasteiger partial charge >= 0.3 is 0 Å². The molecule has 2 atom stereocenters. The van der Waals surface area contributed by atoms with E-state index in [0.29, 0.717) is 5.41 Å². The molecule has 0 bridgehead atoms. The fraction of sp³-hybridized carbons (Fsp3) is 1.00. The molecule has 0 aromatic rings. The molecule has 72 valence electrons. The number of piperidine rings is 1. The second kappa shape index (κ2) is 3.78. The SMILES string of the molecule is CCC1(C(C)C)CCNC(C)C1. The zero-order valence-corrected chi connectivity index (χ0v) is 8.98. The standard InChI is InChI=1S/C11H23N/c1-5-11(9(2)3)6-7-12-10(4)8-11/h9-10,12H,5-8H2,1-4H3. The molecule has 0 aromatic heterocycles. The third-order valence-corrected chi connectivity index (χ3v) is 3.76. The fourth-order valence-corrected chi connectivity index (χ4v) is 2.61. The van der Waals surface area contributed by atoms with Gasteiger partial charge in [-0.3, -0.25) is 0 Å². The molecule has 2 unspecified atom stereocenters. The zero-order chi connectivity index (χ0) is 9.19. The highest BCUT2D eigenvalue weighted by atomic mass is 14.9. The lowest BCUT2D eigenvalue weighted by molar-refractivity contribution is 0.0996. The molecule has 1 aliphatic rings. The van der Waals surface area contributed by atoms with Gasteiger partial charge in [-0.05, 0) is 37.6 Å². The van der Waals surface area contributed by atoms with Crippen molar-refractivity contribution in [2.24, 2.45) is 11.3 Å². The summed E-state index contributed by atoms with van der Waals surface area (Å²) in [6.45, 7) is 10.6. The fourth-order valence-electron chi connectivity index (χ4n) is 2.61. The Hall–Kier alpha value is -0.0400. The summed E-state index contributed by atoms with van der Waals surface area (Å²) in [6.07, 6.45) is 4.07. The van der Waals surface area contributed by atoms with Gasteiger partial charge in [0, 0.05) is 6.04 Å². The van der Waals surface area contributed by atoms with E-state index < -0.39 is 0 Å². The maximum atomic E-state index is 3.53. The lowest BCUT2D eigenvalue weighted by atomic mass is 9.67. The van der Waals surface area contributed by atoms with Crippen LogP contribution < -0.4 is 5.32 Å². The first-order valence-corrected chi connectivity index (χ1v) is 5.34. The van der Waals surface area contributed by atoms with Gasteiger partial charge in [0.2, 0.25) is 0 Å². The molecular formula is C11H23N. The van der Waals surface area contributed by atoms with Gasteiger partial charge in [0.1, 0.15) is 0 Å². The third kappa shape index (κ3) is 1.82. The highest BCUT2D eigenvalue weighted by molar-refractivity contribution is 4.89. The molecule has 1 fully saturated rings. The predicted octanol–water partition coefficient (Wildman–Crippen LogP) is 2.81. The first-order chi connectivity index (χ1) is 5.60. The monoisotopic (exact) mass is 169 g/mol. The molecule has 0 aliphatic carbocycles. The highest BCUT2D eigenvalue weighted by Gasteiger charge is 2.35. The maximum Gasteiger partial charge on any atom is 0.00441 e. The summed E-state index contributed by atoms with van der Waals surface area (Å²) in [5.74, 6) is 0.840. The van der Waals surface area contributed by atoms with Crippen LogP contribution in [0.15, 0.2) is 0 Å². The quantitative estimate of drug-likeness (QED) is 0.670. The molecule has 1 heteroatoms. The average molecular weight is 169 g/mol. The minimum Gasteiger partial charge on any atom is -0.314 e. The predicted molar refractivity (Wildman–Crippen MR) is 54.3 cm³/mol. The Morgan fingerprint density at radius 3 is 2.50 bits per heavy atom.